The summed E-state index contributed by atoms with van der Waals surface area (Å²) in [5.74, 6) is 0.577. The van der Waals surface area contributed by atoms with Crippen LogP contribution in [-0.2, 0) is 9.59 Å². The summed E-state index contributed by atoms with van der Waals surface area (Å²) in [6.45, 7) is 6.06. The average Bonchev–Trinajstić information content (AvgIpc) is 3.15. The fraction of sp³-hybridized carbons (Fsp3) is 0.652. The maximum atomic E-state index is 12.5. The molecule has 0 aromatic carbocycles. The Hall–Kier alpha value is -1.66. The summed E-state index contributed by atoms with van der Waals surface area (Å²) in [4.78, 5) is 30.1. The fourth-order valence-electron chi connectivity index (χ4n) is 4.74. The molecule has 2 heterocycles. The summed E-state index contributed by atoms with van der Waals surface area (Å²) in [5, 5.41) is 4.74. The van der Waals surface area contributed by atoms with E-state index in [-0.39, 0.29) is 18.4 Å². The Morgan fingerprint density at radius 2 is 1.97 bits per heavy atom. The number of carbonyl (C=O) groups excluding carboxylic acids is 2. The normalized spacial score (nSPS) is 23.7. The van der Waals surface area contributed by atoms with Gasteiger partial charge in [-0.05, 0) is 68.7 Å². The molecule has 0 unspecified atom stereocenters. The van der Waals surface area contributed by atoms with Crippen molar-refractivity contribution < 1.29 is 9.59 Å². The number of rotatable bonds is 6. The van der Waals surface area contributed by atoms with Crippen molar-refractivity contribution in [3.05, 3.63) is 28.0 Å². The predicted molar refractivity (Wildman–Crippen MR) is 120 cm³/mol. The molecule has 3 rings (SSSR count). The van der Waals surface area contributed by atoms with E-state index in [9.17, 15) is 9.59 Å². The summed E-state index contributed by atoms with van der Waals surface area (Å²) in [7, 11) is 2.27. The lowest BCUT2D eigenvalue weighted by molar-refractivity contribution is -0.133. The Morgan fingerprint density at radius 3 is 2.62 bits per heavy atom. The number of hydrogen-bond acceptors (Lipinski definition) is 4. The van der Waals surface area contributed by atoms with E-state index in [1.54, 1.807) is 11.3 Å². The second kappa shape index (κ2) is 10.4. The molecule has 2 fully saturated rings. The molecular weight excluding hydrogens is 382 g/mol. The average molecular weight is 418 g/mol. The van der Waals surface area contributed by atoms with Gasteiger partial charge in [-0.15, -0.1) is 11.3 Å². The predicted octanol–water partition coefficient (Wildman–Crippen LogP) is 3.69. The van der Waals surface area contributed by atoms with E-state index < -0.39 is 0 Å². The van der Waals surface area contributed by atoms with Gasteiger partial charge in [0.15, 0.2) is 0 Å². The molecule has 1 aromatic heterocycles. The monoisotopic (exact) mass is 417 g/mol. The molecule has 2 amide bonds. The topological polar surface area (TPSA) is 52.7 Å². The van der Waals surface area contributed by atoms with Crippen LogP contribution >= 0.6 is 11.3 Å². The Morgan fingerprint density at radius 1 is 1.24 bits per heavy atom. The minimum absolute atomic E-state index is 0.0196. The van der Waals surface area contributed by atoms with E-state index in [1.165, 1.54) is 31.8 Å². The molecule has 1 saturated heterocycles. The largest absolute Gasteiger partial charge is 0.343 e. The number of piperidine rings is 1. The number of amides is 2. The molecule has 2 aliphatic rings. The second-order valence-corrected chi connectivity index (χ2v) is 9.57. The van der Waals surface area contributed by atoms with E-state index >= 15 is 0 Å². The lowest BCUT2D eigenvalue weighted by Crippen LogP contribution is -2.51. The van der Waals surface area contributed by atoms with Gasteiger partial charge in [-0.25, -0.2) is 0 Å². The molecular formula is C23H35N3O2S. The van der Waals surface area contributed by atoms with Crippen LogP contribution in [0.1, 0.15) is 55.9 Å². The number of nitrogens with zero attached hydrogens (tertiary/aromatic N) is 2. The van der Waals surface area contributed by atoms with Crippen molar-refractivity contribution in [1.82, 2.24) is 15.1 Å². The molecule has 1 N–H and O–H groups in total. The molecule has 5 nitrogen and oxygen atoms in total. The number of nitrogens with one attached hydrogen (secondary N) is 1. The molecule has 1 aliphatic carbocycles. The third kappa shape index (κ3) is 5.92. The van der Waals surface area contributed by atoms with E-state index in [4.69, 9.17) is 0 Å². The SMILES string of the molecule is Cc1ccsc1/C=C/C(=O)NCC(=O)N1CCC(N(C)[C@H]2CCCC[C@H]2C)CC1. The molecule has 29 heavy (non-hydrogen) atoms. The van der Waals surface area contributed by atoms with Gasteiger partial charge in [0.25, 0.3) is 0 Å². The van der Waals surface area contributed by atoms with Crippen LogP contribution in [0.4, 0.5) is 0 Å². The van der Waals surface area contributed by atoms with Crippen LogP contribution in [-0.4, -0.2) is 60.4 Å². The zero-order chi connectivity index (χ0) is 20.8. The summed E-state index contributed by atoms with van der Waals surface area (Å²) in [5.41, 5.74) is 1.16. The smallest absolute Gasteiger partial charge is 0.244 e. The Bertz CT molecular complexity index is 721. The number of likely N-dealkylation sites (tertiary alicyclic amines) is 1. The van der Waals surface area contributed by atoms with Gasteiger partial charge in [0.1, 0.15) is 0 Å². The van der Waals surface area contributed by atoms with Crippen molar-refractivity contribution in [2.75, 3.05) is 26.7 Å². The number of thiophene rings is 1. The van der Waals surface area contributed by atoms with Crippen LogP contribution in [0.2, 0.25) is 0 Å². The standard InChI is InChI=1S/C23H35N3O2S/c1-17-6-4-5-7-20(17)25(3)19-10-13-26(14-11-19)23(28)16-24-22(27)9-8-21-18(2)12-15-29-21/h8-9,12,15,17,19-20H,4-7,10-11,13-14,16H2,1-3H3,(H,24,27)/b9-8+/t17-,20+/m1/s1. The van der Waals surface area contributed by atoms with Gasteiger partial charge in [0, 0.05) is 36.1 Å². The van der Waals surface area contributed by atoms with Gasteiger partial charge < -0.3 is 15.1 Å². The van der Waals surface area contributed by atoms with Crippen LogP contribution in [0.5, 0.6) is 0 Å². The first-order valence-electron chi connectivity index (χ1n) is 11.0. The van der Waals surface area contributed by atoms with Crippen molar-refractivity contribution >= 4 is 29.2 Å². The maximum absolute atomic E-state index is 12.5. The van der Waals surface area contributed by atoms with Crippen LogP contribution in [0.25, 0.3) is 6.08 Å². The van der Waals surface area contributed by atoms with Crippen molar-refractivity contribution in [2.24, 2.45) is 5.92 Å². The molecule has 1 aromatic rings. The summed E-state index contributed by atoms with van der Waals surface area (Å²) in [6, 6.07) is 3.28. The number of carbonyl (C=O) groups is 2. The number of aryl methyl sites for hydroxylation is 1. The molecule has 1 aliphatic heterocycles. The van der Waals surface area contributed by atoms with Crippen molar-refractivity contribution in [2.45, 2.75) is 64.5 Å². The van der Waals surface area contributed by atoms with Gasteiger partial charge in [0.2, 0.25) is 11.8 Å². The molecule has 160 valence electrons. The highest BCUT2D eigenvalue weighted by Gasteiger charge is 2.32. The first kappa shape index (κ1) is 22.0. The van der Waals surface area contributed by atoms with Crippen LogP contribution in [0.15, 0.2) is 17.5 Å². The van der Waals surface area contributed by atoms with Gasteiger partial charge in [-0.2, -0.15) is 0 Å². The Kier molecular flexibility index (Phi) is 7.90. The van der Waals surface area contributed by atoms with Gasteiger partial charge >= 0.3 is 0 Å². The molecule has 2 atom stereocenters. The van der Waals surface area contributed by atoms with Crippen LogP contribution < -0.4 is 5.32 Å². The van der Waals surface area contributed by atoms with Gasteiger partial charge in [-0.3, -0.25) is 9.59 Å². The highest BCUT2D eigenvalue weighted by Crippen LogP contribution is 2.30. The first-order chi connectivity index (χ1) is 14.0. The van der Waals surface area contributed by atoms with Crippen LogP contribution in [0.3, 0.4) is 0 Å². The lowest BCUT2D eigenvalue weighted by Gasteiger charge is -2.44. The Labute approximate surface area is 179 Å². The van der Waals surface area contributed by atoms with Gasteiger partial charge in [0.05, 0.1) is 6.54 Å². The van der Waals surface area contributed by atoms with E-state index in [0.717, 1.165) is 42.3 Å². The quantitative estimate of drug-likeness (QED) is 0.718. The maximum Gasteiger partial charge on any atom is 0.244 e. The van der Waals surface area contributed by atoms with Crippen molar-refractivity contribution in [3.63, 3.8) is 0 Å². The molecule has 1 saturated carbocycles. The molecule has 6 heteroatoms. The molecule has 0 radical (unpaired) electrons. The second-order valence-electron chi connectivity index (χ2n) is 8.63. The van der Waals surface area contributed by atoms with Crippen molar-refractivity contribution in [3.8, 4) is 0 Å². The lowest BCUT2D eigenvalue weighted by atomic mass is 9.84. The van der Waals surface area contributed by atoms with E-state index in [0.29, 0.717) is 12.1 Å². The third-order valence-corrected chi connectivity index (χ3v) is 7.67. The van der Waals surface area contributed by atoms with Crippen molar-refractivity contribution in [1.29, 1.82) is 0 Å². The Balaban J connectivity index is 1.40. The molecule has 0 bridgehead atoms. The zero-order valence-corrected chi connectivity index (χ0v) is 18.8. The first-order valence-corrected chi connectivity index (χ1v) is 11.8. The summed E-state index contributed by atoms with van der Waals surface area (Å²) in [6.07, 6.45) is 10.7. The fourth-order valence-corrected chi connectivity index (χ4v) is 5.55. The highest BCUT2D eigenvalue weighted by atomic mass is 32.1. The van der Waals surface area contributed by atoms with E-state index in [2.05, 4.69) is 24.2 Å². The van der Waals surface area contributed by atoms with E-state index in [1.807, 2.05) is 29.3 Å². The summed E-state index contributed by atoms with van der Waals surface area (Å²) >= 11 is 1.61. The summed E-state index contributed by atoms with van der Waals surface area (Å²) < 4.78 is 0. The number of hydrogen-bond donors (Lipinski definition) is 1. The zero-order valence-electron chi connectivity index (χ0n) is 18.0. The minimum Gasteiger partial charge on any atom is -0.343 e. The highest BCUT2D eigenvalue weighted by molar-refractivity contribution is 7.11. The minimum atomic E-state index is -0.216. The third-order valence-electron chi connectivity index (χ3n) is 6.68. The van der Waals surface area contributed by atoms with Gasteiger partial charge in [-0.1, -0.05) is 19.8 Å². The molecule has 0 spiro atoms. The van der Waals surface area contributed by atoms with Crippen LogP contribution in [0, 0.1) is 12.8 Å².